The van der Waals surface area contributed by atoms with Crippen molar-refractivity contribution in [1.82, 2.24) is 24.3 Å². The van der Waals surface area contributed by atoms with Gasteiger partial charge in [0.25, 0.3) is 11.5 Å². The van der Waals surface area contributed by atoms with Gasteiger partial charge >= 0.3 is 0 Å². The molecule has 0 bridgehead atoms. The number of aliphatic hydroxyl groups excluding tert-OH is 1. The molecule has 8 nitrogen and oxygen atoms in total. The Hall–Kier alpha value is -2.69. The minimum Gasteiger partial charge on any atom is -0.393 e. The summed E-state index contributed by atoms with van der Waals surface area (Å²) >= 11 is 0. The highest BCUT2D eigenvalue weighted by Gasteiger charge is 2.28. The van der Waals surface area contributed by atoms with Gasteiger partial charge in [0, 0.05) is 62.2 Å². The van der Waals surface area contributed by atoms with Crippen LogP contribution in [-0.4, -0.2) is 81.2 Å². The van der Waals surface area contributed by atoms with E-state index in [0.29, 0.717) is 36.7 Å². The maximum atomic E-state index is 14.0. The van der Waals surface area contributed by atoms with Crippen LogP contribution in [0.5, 0.6) is 0 Å². The Balaban J connectivity index is 1.57. The van der Waals surface area contributed by atoms with Gasteiger partial charge in [-0.3, -0.25) is 14.3 Å². The standard InChI is InChI=1S/C27H36F2N6O2/c1-3-27(28,29)17-31-26-30-15-23-21-9-4-18(16-34-12-10-33(2)11-13-34)14-22(21)25(37)35(24(23)32-26)19-5-7-20(36)8-6-19/h4,9,14-15,19-20,36H,3,5-8,10-13,16-17H2,1-2H3,(H,30,31,32)/t19-,20-. The number of pyridine rings is 1. The minimum absolute atomic E-state index is 0.0793. The lowest BCUT2D eigenvalue weighted by molar-refractivity contribution is 0.0114. The zero-order chi connectivity index (χ0) is 26.2. The van der Waals surface area contributed by atoms with E-state index in [0.717, 1.165) is 49.1 Å². The number of aromatic nitrogens is 3. The largest absolute Gasteiger partial charge is 0.393 e. The molecule has 37 heavy (non-hydrogen) atoms. The molecule has 2 fully saturated rings. The number of alkyl halides is 2. The third-order valence-electron chi connectivity index (χ3n) is 7.88. The van der Waals surface area contributed by atoms with Crippen LogP contribution in [0.15, 0.2) is 29.2 Å². The first-order chi connectivity index (χ1) is 17.7. The number of hydrogen-bond acceptors (Lipinski definition) is 7. The molecule has 2 aliphatic rings. The Morgan fingerprint density at radius 1 is 1.08 bits per heavy atom. The van der Waals surface area contributed by atoms with E-state index in [9.17, 15) is 18.7 Å². The van der Waals surface area contributed by atoms with Crippen molar-refractivity contribution in [2.45, 2.75) is 63.6 Å². The number of piperazine rings is 1. The van der Waals surface area contributed by atoms with E-state index >= 15 is 0 Å². The number of fused-ring (bicyclic) bond motifs is 3. The molecule has 3 aromatic rings. The van der Waals surface area contributed by atoms with Crippen LogP contribution in [0.2, 0.25) is 0 Å². The Morgan fingerprint density at radius 2 is 1.81 bits per heavy atom. The second kappa shape index (κ2) is 10.6. The maximum absolute atomic E-state index is 14.0. The lowest BCUT2D eigenvalue weighted by Gasteiger charge is -2.32. The molecule has 2 N–H and O–H groups in total. The van der Waals surface area contributed by atoms with Crippen LogP contribution in [0.1, 0.15) is 50.6 Å². The van der Waals surface area contributed by atoms with Crippen LogP contribution < -0.4 is 10.9 Å². The third-order valence-corrected chi connectivity index (χ3v) is 7.88. The van der Waals surface area contributed by atoms with Gasteiger partial charge in [0.1, 0.15) is 5.65 Å². The zero-order valence-electron chi connectivity index (χ0n) is 21.6. The van der Waals surface area contributed by atoms with Crippen LogP contribution in [0.25, 0.3) is 21.8 Å². The van der Waals surface area contributed by atoms with Crippen molar-refractivity contribution in [3.05, 3.63) is 40.3 Å². The van der Waals surface area contributed by atoms with Crippen molar-refractivity contribution >= 4 is 27.8 Å². The Morgan fingerprint density at radius 3 is 2.51 bits per heavy atom. The predicted molar refractivity (Wildman–Crippen MR) is 141 cm³/mol. The molecule has 0 amide bonds. The van der Waals surface area contributed by atoms with Crippen molar-refractivity contribution in [1.29, 1.82) is 0 Å². The van der Waals surface area contributed by atoms with Crippen molar-refractivity contribution < 1.29 is 13.9 Å². The zero-order valence-corrected chi connectivity index (χ0v) is 21.6. The topological polar surface area (TPSA) is 86.5 Å². The molecule has 1 saturated heterocycles. The van der Waals surface area contributed by atoms with Gasteiger partial charge in [0.15, 0.2) is 0 Å². The van der Waals surface area contributed by atoms with Crippen LogP contribution in [0.4, 0.5) is 14.7 Å². The van der Waals surface area contributed by atoms with E-state index in [2.05, 4.69) is 38.2 Å². The quantitative estimate of drug-likeness (QED) is 0.466. The predicted octanol–water partition coefficient (Wildman–Crippen LogP) is 3.63. The van der Waals surface area contributed by atoms with Crippen molar-refractivity contribution in [2.75, 3.05) is 45.1 Å². The molecule has 1 aromatic carbocycles. The fraction of sp³-hybridized carbons (Fsp3) is 0.593. The molecule has 0 atom stereocenters. The number of hydrogen-bond donors (Lipinski definition) is 2. The Kier molecular flexibility index (Phi) is 7.42. The highest BCUT2D eigenvalue weighted by Crippen LogP contribution is 2.32. The molecule has 1 aliphatic heterocycles. The summed E-state index contributed by atoms with van der Waals surface area (Å²) in [6.07, 6.45) is 3.51. The molecule has 1 aliphatic carbocycles. The van der Waals surface area contributed by atoms with Gasteiger partial charge < -0.3 is 15.3 Å². The summed E-state index contributed by atoms with van der Waals surface area (Å²) in [4.78, 5) is 27.6. The number of anilines is 1. The van der Waals surface area contributed by atoms with E-state index in [1.807, 2.05) is 12.1 Å². The lowest BCUT2D eigenvalue weighted by atomic mass is 9.92. The SMILES string of the molecule is CCC(F)(F)CNc1ncc2c3ccc(CN4CCN(C)CC4)cc3c(=O)n([C@H]3CC[C@H](O)CC3)c2n1. The highest BCUT2D eigenvalue weighted by molar-refractivity contribution is 6.04. The summed E-state index contributed by atoms with van der Waals surface area (Å²) in [5.74, 6) is -2.79. The molecule has 3 heterocycles. The van der Waals surface area contributed by atoms with Crippen molar-refractivity contribution in [2.24, 2.45) is 0 Å². The fourth-order valence-electron chi connectivity index (χ4n) is 5.41. The summed E-state index contributed by atoms with van der Waals surface area (Å²) in [6.45, 7) is 5.66. The average molecular weight is 515 g/mol. The fourth-order valence-corrected chi connectivity index (χ4v) is 5.41. The van der Waals surface area contributed by atoms with Gasteiger partial charge in [-0.15, -0.1) is 0 Å². The first-order valence-electron chi connectivity index (χ1n) is 13.3. The molecule has 10 heteroatoms. The van der Waals surface area contributed by atoms with Gasteiger partial charge in [-0.25, -0.2) is 13.8 Å². The number of rotatable bonds is 7. The minimum atomic E-state index is -2.87. The number of nitrogens with zero attached hydrogens (tertiary/aromatic N) is 5. The third kappa shape index (κ3) is 5.61. The lowest BCUT2D eigenvalue weighted by Crippen LogP contribution is -2.43. The molecule has 5 rings (SSSR count). The van der Waals surface area contributed by atoms with Crippen LogP contribution in [0, 0.1) is 0 Å². The van der Waals surface area contributed by atoms with E-state index in [-0.39, 0.29) is 30.1 Å². The Bertz CT molecular complexity index is 1310. The second-order valence-corrected chi connectivity index (χ2v) is 10.6. The smallest absolute Gasteiger partial charge is 0.264 e. The summed E-state index contributed by atoms with van der Waals surface area (Å²) in [6, 6.07) is 5.87. The average Bonchev–Trinajstić information content (AvgIpc) is 2.90. The molecule has 0 unspecified atom stereocenters. The molecule has 200 valence electrons. The van der Waals surface area contributed by atoms with Crippen LogP contribution in [-0.2, 0) is 6.54 Å². The van der Waals surface area contributed by atoms with Crippen LogP contribution >= 0.6 is 0 Å². The number of aliphatic hydroxyl groups is 1. The first-order valence-corrected chi connectivity index (χ1v) is 13.3. The van der Waals surface area contributed by atoms with Gasteiger partial charge in [-0.1, -0.05) is 19.1 Å². The maximum Gasteiger partial charge on any atom is 0.264 e. The van der Waals surface area contributed by atoms with Gasteiger partial charge in [-0.2, -0.15) is 4.98 Å². The second-order valence-electron chi connectivity index (χ2n) is 10.6. The molecule has 0 radical (unpaired) electrons. The van der Waals surface area contributed by atoms with Gasteiger partial charge in [-0.05, 0) is 49.7 Å². The highest BCUT2D eigenvalue weighted by atomic mass is 19.3. The molecular weight excluding hydrogens is 478 g/mol. The van der Waals surface area contributed by atoms with Gasteiger partial charge in [0.2, 0.25) is 5.95 Å². The van der Waals surface area contributed by atoms with Crippen molar-refractivity contribution in [3.63, 3.8) is 0 Å². The number of likely N-dealkylation sites (N-methyl/N-ethyl adjacent to an activating group) is 1. The first kappa shape index (κ1) is 25.9. The summed E-state index contributed by atoms with van der Waals surface area (Å²) < 4.78 is 29.4. The van der Waals surface area contributed by atoms with Gasteiger partial charge in [0.05, 0.1) is 12.6 Å². The molecule has 0 spiro atoms. The van der Waals surface area contributed by atoms with Crippen molar-refractivity contribution in [3.8, 4) is 0 Å². The normalized spacial score (nSPS) is 22.1. The number of benzene rings is 1. The number of halogens is 2. The van der Waals surface area contributed by atoms with E-state index < -0.39 is 12.5 Å². The summed E-state index contributed by atoms with van der Waals surface area (Å²) in [5.41, 5.74) is 1.40. The monoisotopic (exact) mass is 514 g/mol. The Labute approximate surface area is 215 Å². The number of nitrogens with one attached hydrogen (secondary N) is 1. The molecular formula is C27H36F2N6O2. The van der Waals surface area contributed by atoms with E-state index in [4.69, 9.17) is 0 Å². The van der Waals surface area contributed by atoms with Crippen LogP contribution in [0.3, 0.4) is 0 Å². The summed E-state index contributed by atoms with van der Waals surface area (Å²) in [7, 11) is 2.13. The van der Waals surface area contributed by atoms with E-state index in [1.54, 1.807) is 10.8 Å². The molecule has 2 aromatic heterocycles. The van der Waals surface area contributed by atoms with E-state index in [1.165, 1.54) is 6.92 Å². The summed E-state index contributed by atoms with van der Waals surface area (Å²) in [5, 5.41) is 14.8. The molecule has 1 saturated carbocycles.